The molecule has 0 saturated heterocycles. The summed E-state index contributed by atoms with van der Waals surface area (Å²) in [7, 11) is 3.15. The molecule has 0 spiro atoms. The molecule has 0 aliphatic rings. The third kappa shape index (κ3) is 4.38. The number of hydrogen-bond donors (Lipinski definition) is 1. The molecule has 31 heavy (non-hydrogen) atoms. The second kappa shape index (κ2) is 8.92. The number of nitrogens with zero attached hydrogens (tertiary/aromatic N) is 4. The second-order valence-electron chi connectivity index (χ2n) is 6.42. The Morgan fingerprint density at radius 3 is 2.55 bits per heavy atom. The van der Waals surface area contributed by atoms with E-state index in [0.717, 1.165) is 0 Å². The number of rotatable bonds is 7. The van der Waals surface area contributed by atoms with Gasteiger partial charge in [-0.05, 0) is 36.4 Å². The lowest BCUT2D eigenvalue weighted by Crippen LogP contribution is -2.20. The van der Waals surface area contributed by atoms with Crippen LogP contribution >= 0.6 is 11.8 Å². The minimum atomic E-state index is -0.321. The highest BCUT2D eigenvalue weighted by atomic mass is 32.2. The van der Waals surface area contributed by atoms with Gasteiger partial charge < -0.3 is 14.8 Å². The fourth-order valence-electron chi connectivity index (χ4n) is 2.93. The highest BCUT2D eigenvalue weighted by Crippen LogP contribution is 2.19. The normalized spacial score (nSPS) is 10.8. The van der Waals surface area contributed by atoms with Gasteiger partial charge in [-0.25, -0.2) is 0 Å². The summed E-state index contributed by atoms with van der Waals surface area (Å²) < 4.78 is 13.4. The number of anilines is 1. The molecule has 9 nitrogen and oxygen atoms in total. The van der Waals surface area contributed by atoms with Gasteiger partial charge in [0.25, 0.3) is 0 Å². The van der Waals surface area contributed by atoms with Gasteiger partial charge in [-0.1, -0.05) is 17.8 Å². The molecule has 0 saturated carbocycles. The van der Waals surface area contributed by atoms with Crippen LogP contribution < -0.4 is 20.3 Å². The van der Waals surface area contributed by atoms with Crippen molar-refractivity contribution in [3.63, 3.8) is 0 Å². The number of carbonyl (C=O) groups is 1. The standard InChI is InChI=1S/C21H19N5O4S/c1-29-16-8-6-14(7-9-16)22-18(27)13-31-21-24-23-19-20(28)25(10-11-26(19)21)15-4-3-5-17(12-15)30-2/h3-12H,13H2,1-2H3,(H,22,27). The van der Waals surface area contributed by atoms with E-state index < -0.39 is 0 Å². The quantitative estimate of drug-likeness (QED) is 0.444. The van der Waals surface area contributed by atoms with Gasteiger partial charge in [-0.3, -0.25) is 18.6 Å². The van der Waals surface area contributed by atoms with Crippen molar-refractivity contribution in [2.24, 2.45) is 0 Å². The number of nitrogens with one attached hydrogen (secondary N) is 1. The first kappa shape index (κ1) is 20.5. The molecular weight excluding hydrogens is 418 g/mol. The molecule has 0 aliphatic carbocycles. The minimum Gasteiger partial charge on any atom is -0.497 e. The van der Waals surface area contributed by atoms with E-state index in [2.05, 4.69) is 15.5 Å². The first-order chi connectivity index (χ1) is 15.1. The van der Waals surface area contributed by atoms with Crippen molar-refractivity contribution in [2.75, 3.05) is 25.3 Å². The van der Waals surface area contributed by atoms with E-state index in [0.29, 0.717) is 28.0 Å². The van der Waals surface area contributed by atoms with Gasteiger partial charge in [0, 0.05) is 24.1 Å². The number of ether oxygens (including phenoxy) is 2. The van der Waals surface area contributed by atoms with E-state index in [1.54, 1.807) is 79.5 Å². The number of fused-ring (bicyclic) bond motifs is 1. The van der Waals surface area contributed by atoms with Gasteiger partial charge in [0.1, 0.15) is 11.5 Å². The predicted molar refractivity (Wildman–Crippen MR) is 117 cm³/mol. The maximum atomic E-state index is 12.9. The van der Waals surface area contributed by atoms with Crippen molar-refractivity contribution in [2.45, 2.75) is 5.16 Å². The van der Waals surface area contributed by atoms with Gasteiger partial charge in [0.15, 0.2) is 5.16 Å². The van der Waals surface area contributed by atoms with Gasteiger partial charge in [0.2, 0.25) is 11.6 Å². The van der Waals surface area contributed by atoms with Crippen LogP contribution in [0.25, 0.3) is 11.3 Å². The second-order valence-corrected chi connectivity index (χ2v) is 7.36. The number of thioether (sulfide) groups is 1. The summed E-state index contributed by atoms with van der Waals surface area (Å²) >= 11 is 1.19. The average Bonchev–Trinajstić information content (AvgIpc) is 3.22. The Bertz CT molecular complexity index is 1280. The third-order valence-electron chi connectivity index (χ3n) is 4.48. The molecular formula is C21H19N5O4S. The van der Waals surface area contributed by atoms with Gasteiger partial charge >= 0.3 is 5.56 Å². The number of methoxy groups -OCH3 is 2. The Morgan fingerprint density at radius 2 is 1.81 bits per heavy atom. The maximum absolute atomic E-state index is 12.9. The molecule has 0 unspecified atom stereocenters. The first-order valence-corrected chi connectivity index (χ1v) is 10.2. The third-order valence-corrected chi connectivity index (χ3v) is 5.42. The van der Waals surface area contributed by atoms with Crippen LogP contribution in [0.15, 0.2) is 70.9 Å². The van der Waals surface area contributed by atoms with Crippen molar-refractivity contribution >= 4 is 29.0 Å². The number of amides is 1. The number of hydrogen-bond acceptors (Lipinski definition) is 7. The van der Waals surface area contributed by atoms with Gasteiger partial charge in [0.05, 0.1) is 25.7 Å². The monoisotopic (exact) mass is 437 g/mol. The molecule has 0 aliphatic heterocycles. The zero-order valence-electron chi connectivity index (χ0n) is 16.8. The van der Waals surface area contributed by atoms with Crippen LogP contribution in [0.3, 0.4) is 0 Å². The summed E-state index contributed by atoms with van der Waals surface area (Å²) in [5.74, 6) is 1.27. The van der Waals surface area contributed by atoms with Crippen LogP contribution in [0.1, 0.15) is 0 Å². The molecule has 10 heteroatoms. The van der Waals surface area contributed by atoms with Crippen LogP contribution in [0.4, 0.5) is 5.69 Å². The van der Waals surface area contributed by atoms with E-state index in [4.69, 9.17) is 9.47 Å². The van der Waals surface area contributed by atoms with Gasteiger partial charge in [-0.2, -0.15) is 0 Å². The molecule has 2 aromatic heterocycles. The molecule has 0 radical (unpaired) electrons. The van der Waals surface area contributed by atoms with Crippen LogP contribution in [0.5, 0.6) is 11.5 Å². The lowest BCUT2D eigenvalue weighted by atomic mass is 10.3. The lowest BCUT2D eigenvalue weighted by Gasteiger charge is -2.08. The van der Waals surface area contributed by atoms with E-state index in [1.165, 1.54) is 16.3 Å². The van der Waals surface area contributed by atoms with Crippen molar-refractivity contribution in [1.29, 1.82) is 0 Å². The summed E-state index contributed by atoms with van der Waals surface area (Å²) in [6, 6.07) is 14.2. The Labute approximate surface area is 181 Å². The van der Waals surface area contributed by atoms with Crippen molar-refractivity contribution in [1.82, 2.24) is 19.2 Å². The van der Waals surface area contributed by atoms with Crippen LogP contribution in [0, 0.1) is 0 Å². The molecule has 4 aromatic rings. The van der Waals surface area contributed by atoms with Crippen molar-refractivity contribution in [3.8, 4) is 17.2 Å². The van der Waals surface area contributed by atoms with Crippen LogP contribution in [0.2, 0.25) is 0 Å². The first-order valence-electron chi connectivity index (χ1n) is 9.26. The zero-order chi connectivity index (χ0) is 21.8. The zero-order valence-corrected chi connectivity index (χ0v) is 17.6. The lowest BCUT2D eigenvalue weighted by molar-refractivity contribution is -0.113. The van der Waals surface area contributed by atoms with Crippen molar-refractivity contribution in [3.05, 3.63) is 71.3 Å². The Kier molecular flexibility index (Phi) is 5.89. The Balaban J connectivity index is 1.49. The van der Waals surface area contributed by atoms with Crippen LogP contribution in [-0.4, -0.2) is 45.0 Å². The van der Waals surface area contributed by atoms with Crippen LogP contribution in [-0.2, 0) is 4.79 Å². The molecule has 1 amide bonds. The summed E-state index contributed by atoms with van der Waals surface area (Å²) in [6.07, 6.45) is 3.33. The minimum absolute atomic E-state index is 0.117. The molecule has 0 atom stereocenters. The molecule has 0 fully saturated rings. The molecule has 2 aromatic carbocycles. The smallest absolute Gasteiger partial charge is 0.300 e. The van der Waals surface area contributed by atoms with Gasteiger partial charge in [-0.15, -0.1) is 10.2 Å². The number of carbonyl (C=O) groups excluding carboxylic acids is 1. The molecule has 158 valence electrons. The van der Waals surface area contributed by atoms with E-state index >= 15 is 0 Å². The Morgan fingerprint density at radius 1 is 1.03 bits per heavy atom. The number of aromatic nitrogens is 4. The SMILES string of the molecule is COc1ccc(NC(=O)CSc2nnc3c(=O)n(-c4cccc(OC)c4)ccn23)cc1. The Hall–Kier alpha value is -3.79. The average molecular weight is 437 g/mol. The molecule has 0 bridgehead atoms. The van der Waals surface area contributed by atoms with E-state index in [-0.39, 0.29) is 22.9 Å². The fourth-order valence-corrected chi connectivity index (χ4v) is 3.65. The predicted octanol–water partition coefficient (Wildman–Crippen LogP) is 2.63. The summed E-state index contributed by atoms with van der Waals surface area (Å²) in [5, 5.41) is 11.3. The molecule has 4 rings (SSSR count). The number of benzene rings is 2. The molecule has 2 heterocycles. The summed E-state index contributed by atoms with van der Waals surface area (Å²) in [6.45, 7) is 0. The van der Waals surface area contributed by atoms with Crippen molar-refractivity contribution < 1.29 is 14.3 Å². The highest BCUT2D eigenvalue weighted by Gasteiger charge is 2.14. The summed E-state index contributed by atoms with van der Waals surface area (Å²) in [4.78, 5) is 25.1. The maximum Gasteiger partial charge on any atom is 0.300 e. The topological polar surface area (TPSA) is 99.8 Å². The largest absolute Gasteiger partial charge is 0.497 e. The van der Waals surface area contributed by atoms with E-state index in [1.807, 2.05) is 0 Å². The summed E-state index contributed by atoms with van der Waals surface area (Å²) in [5.41, 5.74) is 1.17. The van der Waals surface area contributed by atoms with E-state index in [9.17, 15) is 9.59 Å². The molecule has 1 N–H and O–H groups in total. The fraction of sp³-hybridized carbons (Fsp3) is 0.143. The highest BCUT2D eigenvalue weighted by molar-refractivity contribution is 7.99.